The van der Waals surface area contributed by atoms with E-state index in [2.05, 4.69) is 0 Å². The van der Waals surface area contributed by atoms with Crippen LogP contribution >= 0.6 is 0 Å². The number of ether oxygens (including phenoxy) is 1. The second-order valence-electron chi connectivity index (χ2n) is 6.62. The molecule has 6 heteroatoms. The molecule has 1 fully saturated rings. The Bertz CT molecular complexity index is 609. The van der Waals surface area contributed by atoms with Gasteiger partial charge in [-0.15, -0.1) is 0 Å². The van der Waals surface area contributed by atoms with Crippen LogP contribution in [0, 0.1) is 0 Å². The van der Waals surface area contributed by atoms with Gasteiger partial charge in [0.25, 0.3) is 0 Å². The first-order chi connectivity index (χ1) is 10.7. The van der Waals surface area contributed by atoms with Crippen molar-refractivity contribution in [3.63, 3.8) is 0 Å². The number of methoxy groups -OCH3 is 1. The highest BCUT2D eigenvalue weighted by molar-refractivity contribution is 6.56. The fourth-order valence-electron chi connectivity index (χ4n) is 2.33. The highest BCUT2D eigenvalue weighted by Gasteiger charge is 2.52. The molecule has 1 aliphatic heterocycles. The molecule has 2 rings (SSSR count). The topological polar surface area (TPSA) is 70.8 Å². The minimum absolute atomic E-state index is 0.270. The van der Waals surface area contributed by atoms with E-state index in [9.17, 15) is 4.79 Å². The summed E-state index contributed by atoms with van der Waals surface area (Å²) in [5.41, 5.74) is 7.09. The van der Waals surface area contributed by atoms with E-state index < -0.39 is 18.3 Å². The Morgan fingerprint density at radius 3 is 2.30 bits per heavy atom. The van der Waals surface area contributed by atoms with Gasteiger partial charge in [-0.25, -0.2) is 0 Å². The molecule has 0 saturated carbocycles. The van der Waals surface area contributed by atoms with Gasteiger partial charge in [-0.1, -0.05) is 6.08 Å². The molecule has 0 bridgehead atoms. The summed E-state index contributed by atoms with van der Waals surface area (Å²) in [4.78, 5) is 11.3. The van der Waals surface area contributed by atoms with E-state index in [0.717, 1.165) is 17.3 Å². The summed E-state index contributed by atoms with van der Waals surface area (Å²) in [6, 6.07) is 5.26. The standard InChI is InChI=1S/C17H24BNO4/c1-16(2)17(3,4)23-18(22-16)14(10-19)8-13-9-15(21-5)7-6-12(13)11-20/h6-9,11H,10,19H2,1-5H3. The van der Waals surface area contributed by atoms with Gasteiger partial charge in [-0.3, -0.25) is 4.79 Å². The normalized spacial score (nSPS) is 19.7. The van der Waals surface area contributed by atoms with E-state index in [1.165, 1.54) is 0 Å². The minimum atomic E-state index is -0.532. The smallest absolute Gasteiger partial charge is 0.491 e. The molecular formula is C17H24BNO4. The zero-order valence-corrected chi connectivity index (χ0v) is 14.4. The highest BCUT2D eigenvalue weighted by Crippen LogP contribution is 2.38. The molecule has 1 aromatic carbocycles. The highest BCUT2D eigenvalue weighted by atomic mass is 16.7. The maximum absolute atomic E-state index is 11.3. The first-order valence-corrected chi connectivity index (χ1v) is 7.63. The second kappa shape index (κ2) is 6.47. The molecule has 0 radical (unpaired) electrons. The molecule has 5 nitrogen and oxygen atoms in total. The molecule has 0 amide bonds. The molecule has 124 valence electrons. The Kier molecular flexibility index (Phi) is 4.99. The molecule has 1 saturated heterocycles. The Labute approximate surface area is 137 Å². The number of rotatable bonds is 5. The molecular weight excluding hydrogens is 293 g/mol. The Morgan fingerprint density at radius 2 is 1.83 bits per heavy atom. The molecule has 1 heterocycles. The zero-order valence-electron chi connectivity index (χ0n) is 14.4. The van der Waals surface area contributed by atoms with Crippen molar-refractivity contribution < 1.29 is 18.8 Å². The van der Waals surface area contributed by atoms with Gasteiger partial charge in [0.2, 0.25) is 0 Å². The summed E-state index contributed by atoms with van der Waals surface area (Å²) >= 11 is 0. The number of aldehydes is 1. The van der Waals surface area contributed by atoms with Crippen LogP contribution in [0.2, 0.25) is 0 Å². The van der Waals surface area contributed by atoms with Crippen LogP contribution in [-0.2, 0) is 9.31 Å². The Balaban J connectivity index is 2.39. The van der Waals surface area contributed by atoms with Gasteiger partial charge in [0.15, 0.2) is 6.29 Å². The SMILES string of the molecule is COc1ccc(C=O)c(C=C(CN)B2OC(C)(C)C(C)(C)O2)c1. The van der Waals surface area contributed by atoms with Crippen LogP contribution in [0.4, 0.5) is 0 Å². The van der Waals surface area contributed by atoms with Crippen molar-refractivity contribution in [2.75, 3.05) is 13.7 Å². The summed E-state index contributed by atoms with van der Waals surface area (Å²) in [6.07, 6.45) is 2.65. The molecule has 1 aliphatic rings. The van der Waals surface area contributed by atoms with E-state index in [4.69, 9.17) is 19.8 Å². The number of benzene rings is 1. The van der Waals surface area contributed by atoms with Crippen LogP contribution in [0.25, 0.3) is 6.08 Å². The van der Waals surface area contributed by atoms with Crippen LogP contribution in [0.3, 0.4) is 0 Å². The van der Waals surface area contributed by atoms with Crippen molar-refractivity contribution in [3.8, 4) is 5.75 Å². The second-order valence-corrected chi connectivity index (χ2v) is 6.62. The predicted octanol–water partition coefficient (Wildman–Crippen LogP) is 2.48. The number of nitrogens with two attached hydrogens (primary N) is 1. The fourth-order valence-corrected chi connectivity index (χ4v) is 2.33. The van der Waals surface area contributed by atoms with Crippen molar-refractivity contribution >= 4 is 19.5 Å². The largest absolute Gasteiger partial charge is 0.497 e. The summed E-state index contributed by atoms with van der Waals surface area (Å²) in [6.45, 7) is 8.23. The molecule has 0 aliphatic carbocycles. The third-order valence-electron chi connectivity index (χ3n) is 4.55. The van der Waals surface area contributed by atoms with E-state index in [1.54, 1.807) is 25.3 Å². The first-order valence-electron chi connectivity index (χ1n) is 7.63. The van der Waals surface area contributed by atoms with Crippen molar-refractivity contribution in [1.82, 2.24) is 0 Å². The Morgan fingerprint density at radius 1 is 1.22 bits per heavy atom. The van der Waals surface area contributed by atoms with Crippen molar-refractivity contribution in [1.29, 1.82) is 0 Å². The Hall–Kier alpha value is -1.63. The summed E-state index contributed by atoms with van der Waals surface area (Å²) in [7, 11) is 1.05. The quantitative estimate of drug-likeness (QED) is 0.667. The van der Waals surface area contributed by atoms with Gasteiger partial charge in [0, 0.05) is 12.1 Å². The zero-order chi connectivity index (χ0) is 17.3. The van der Waals surface area contributed by atoms with E-state index in [0.29, 0.717) is 11.3 Å². The van der Waals surface area contributed by atoms with Crippen molar-refractivity contribution in [2.24, 2.45) is 5.73 Å². The molecule has 1 aromatic rings. The van der Waals surface area contributed by atoms with Crippen LogP contribution in [-0.4, -0.2) is 38.3 Å². The van der Waals surface area contributed by atoms with Crippen molar-refractivity contribution in [2.45, 2.75) is 38.9 Å². The van der Waals surface area contributed by atoms with Gasteiger partial charge in [0.1, 0.15) is 5.75 Å². The van der Waals surface area contributed by atoms with Gasteiger partial charge in [-0.05, 0) is 56.9 Å². The fraction of sp³-hybridized carbons (Fsp3) is 0.471. The van der Waals surface area contributed by atoms with Crippen LogP contribution in [0.1, 0.15) is 43.6 Å². The lowest BCUT2D eigenvalue weighted by atomic mass is 9.77. The average Bonchev–Trinajstić information content (AvgIpc) is 2.72. The molecule has 0 spiro atoms. The third-order valence-corrected chi connectivity index (χ3v) is 4.55. The van der Waals surface area contributed by atoms with Crippen molar-refractivity contribution in [3.05, 3.63) is 34.8 Å². The lowest BCUT2D eigenvalue weighted by molar-refractivity contribution is 0.00578. The maximum Gasteiger partial charge on any atom is 0.491 e. The number of carbonyl (C=O) groups excluding carboxylic acids is 1. The molecule has 0 atom stereocenters. The molecule has 23 heavy (non-hydrogen) atoms. The lowest BCUT2D eigenvalue weighted by Crippen LogP contribution is -2.41. The maximum atomic E-state index is 11.3. The average molecular weight is 317 g/mol. The van der Waals surface area contributed by atoms with E-state index >= 15 is 0 Å². The van der Waals surface area contributed by atoms with Crippen LogP contribution in [0.5, 0.6) is 5.75 Å². The number of carbonyl (C=O) groups is 1. The van der Waals surface area contributed by atoms with Gasteiger partial charge >= 0.3 is 7.12 Å². The van der Waals surface area contributed by atoms with Gasteiger partial charge < -0.3 is 19.8 Å². The summed E-state index contributed by atoms with van der Waals surface area (Å²) in [5.74, 6) is 0.673. The lowest BCUT2D eigenvalue weighted by Gasteiger charge is -2.32. The van der Waals surface area contributed by atoms with Gasteiger partial charge in [0.05, 0.1) is 18.3 Å². The van der Waals surface area contributed by atoms with E-state index in [1.807, 2.05) is 33.8 Å². The minimum Gasteiger partial charge on any atom is -0.497 e. The van der Waals surface area contributed by atoms with Crippen LogP contribution in [0.15, 0.2) is 23.7 Å². The summed E-state index contributed by atoms with van der Waals surface area (Å²) in [5, 5.41) is 0. The molecule has 2 N–H and O–H groups in total. The molecule has 0 aromatic heterocycles. The number of hydrogen-bond acceptors (Lipinski definition) is 5. The monoisotopic (exact) mass is 317 g/mol. The third kappa shape index (κ3) is 3.49. The first kappa shape index (κ1) is 17.7. The predicted molar refractivity (Wildman–Crippen MR) is 91.5 cm³/mol. The van der Waals surface area contributed by atoms with Gasteiger partial charge in [-0.2, -0.15) is 0 Å². The molecule has 0 unspecified atom stereocenters. The van der Waals surface area contributed by atoms with E-state index in [-0.39, 0.29) is 6.54 Å². The summed E-state index contributed by atoms with van der Waals surface area (Å²) < 4.78 is 17.3. The van der Waals surface area contributed by atoms with Crippen LogP contribution < -0.4 is 10.5 Å². The number of hydrogen-bond donors (Lipinski definition) is 1.